The Labute approximate surface area is 184 Å². The molecule has 3 aromatic carbocycles. The molecule has 1 fully saturated rings. The van der Waals surface area contributed by atoms with Gasteiger partial charge in [-0.05, 0) is 89.0 Å². The Hall–Kier alpha value is -2.08. The van der Waals surface area contributed by atoms with Gasteiger partial charge >= 0.3 is 0 Å². The van der Waals surface area contributed by atoms with Crippen molar-refractivity contribution in [1.82, 2.24) is 0 Å². The number of rotatable bonds is 4. The molecule has 0 unspecified atom stereocenters. The summed E-state index contributed by atoms with van der Waals surface area (Å²) < 4.78 is 0. The summed E-state index contributed by atoms with van der Waals surface area (Å²) in [5.41, 5.74) is 7.04. The number of hydrogen-bond acceptors (Lipinski definition) is 0. The summed E-state index contributed by atoms with van der Waals surface area (Å²) in [5.74, 6) is 2.30. The summed E-state index contributed by atoms with van der Waals surface area (Å²) in [6.07, 6.45) is 6.89. The smallest absolute Gasteiger partial charge is 0.0148 e. The third-order valence-electron chi connectivity index (χ3n) is 7.10. The lowest BCUT2D eigenvalue weighted by Crippen LogP contribution is -2.12. The van der Waals surface area contributed by atoms with Crippen molar-refractivity contribution in [3.05, 3.63) is 71.3 Å². The van der Waals surface area contributed by atoms with Gasteiger partial charge in [0.15, 0.2) is 0 Å². The number of aryl methyl sites for hydroxylation is 1. The Bertz CT molecular complexity index is 938. The van der Waals surface area contributed by atoms with Crippen LogP contribution in [0.2, 0.25) is 0 Å². The van der Waals surface area contributed by atoms with E-state index in [9.17, 15) is 0 Å². The van der Waals surface area contributed by atoms with Crippen molar-refractivity contribution in [2.24, 2.45) is 5.92 Å². The van der Waals surface area contributed by atoms with Crippen LogP contribution in [0.15, 0.2) is 54.6 Å². The zero-order chi connectivity index (χ0) is 21.7. The highest BCUT2D eigenvalue weighted by molar-refractivity contribution is 5.92. The van der Waals surface area contributed by atoms with Crippen LogP contribution in [0.3, 0.4) is 0 Å². The first-order chi connectivity index (χ1) is 14.6. The van der Waals surface area contributed by atoms with Gasteiger partial charge in [0.05, 0.1) is 0 Å². The van der Waals surface area contributed by atoms with E-state index in [1.807, 2.05) is 13.8 Å². The van der Waals surface area contributed by atoms with Crippen LogP contribution in [0, 0.1) is 12.8 Å². The molecule has 0 aliphatic heterocycles. The Balaban J connectivity index is 0.00000124. The molecule has 4 rings (SSSR count). The summed E-state index contributed by atoms with van der Waals surface area (Å²) in [5, 5.41) is 2.80. The fraction of sp³-hybridized carbons (Fsp3) is 0.467. The third kappa shape index (κ3) is 4.80. The summed E-state index contributed by atoms with van der Waals surface area (Å²) in [4.78, 5) is 0. The molecule has 1 aliphatic carbocycles. The Morgan fingerprint density at radius 3 is 2.10 bits per heavy atom. The van der Waals surface area contributed by atoms with Crippen molar-refractivity contribution in [2.45, 2.75) is 85.5 Å². The van der Waals surface area contributed by atoms with Crippen LogP contribution >= 0.6 is 0 Å². The normalized spacial score (nSPS) is 18.9. The first-order valence-corrected chi connectivity index (χ1v) is 12.2. The van der Waals surface area contributed by atoms with E-state index in [1.54, 1.807) is 5.56 Å². The van der Waals surface area contributed by atoms with Crippen LogP contribution in [0.5, 0.6) is 0 Å². The van der Waals surface area contributed by atoms with Gasteiger partial charge < -0.3 is 0 Å². The van der Waals surface area contributed by atoms with Gasteiger partial charge in [0.25, 0.3) is 0 Å². The molecule has 1 aliphatic rings. The molecular weight excluding hydrogens is 360 g/mol. The monoisotopic (exact) mass is 400 g/mol. The Morgan fingerprint density at radius 2 is 1.50 bits per heavy atom. The van der Waals surface area contributed by atoms with Gasteiger partial charge in [0, 0.05) is 0 Å². The van der Waals surface area contributed by atoms with E-state index in [4.69, 9.17) is 0 Å². The Morgan fingerprint density at radius 1 is 0.833 bits per heavy atom. The van der Waals surface area contributed by atoms with Gasteiger partial charge in [-0.2, -0.15) is 0 Å². The van der Waals surface area contributed by atoms with Crippen LogP contribution in [0.4, 0.5) is 0 Å². The molecule has 3 aromatic rings. The largest absolute Gasteiger partial charge is 0.0683 e. The lowest BCUT2D eigenvalue weighted by molar-refractivity contribution is 0.319. The van der Waals surface area contributed by atoms with Gasteiger partial charge in [-0.1, -0.05) is 95.6 Å². The maximum Gasteiger partial charge on any atom is -0.0148 e. The van der Waals surface area contributed by atoms with E-state index in [0.717, 1.165) is 11.8 Å². The molecule has 0 aromatic heterocycles. The lowest BCUT2D eigenvalue weighted by Gasteiger charge is -2.28. The summed E-state index contributed by atoms with van der Waals surface area (Å²) >= 11 is 0. The molecule has 0 heteroatoms. The quantitative estimate of drug-likeness (QED) is 0.409. The molecule has 0 radical (unpaired) electrons. The number of benzene rings is 3. The molecule has 30 heavy (non-hydrogen) atoms. The molecule has 0 amide bonds. The predicted molar refractivity (Wildman–Crippen MR) is 135 cm³/mol. The third-order valence-corrected chi connectivity index (χ3v) is 7.10. The number of hydrogen-bond donors (Lipinski definition) is 0. The highest BCUT2D eigenvalue weighted by Gasteiger charge is 2.21. The fourth-order valence-electron chi connectivity index (χ4n) is 5.02. The van der Waals surface area contributed by atoms with E-state index in [-0.39, 0.29) is 0 Å². The van der Waals surface area contributed by atoms with E-state index < -0.39 is 0 Å². The maximum atomic E-state index is 2.46. The molecular formula is C30H40. The molecule has 160 valence electrons. The van der Waals surface area contributed by atoms with Crippen molar-refractivity contribution in [2.75, 3.05) is 0 Å². The molecule has 0 saturated heterocycles. The van der Waals surface area contributed by atoms with Gasteiger partial charge in [-0.15, -0.1) is 0 Å². The average molecular weight is 401 g/mol. The van der Waals surface area contributed by atoms with Crippen LogP contribution in [-0.2, 0) is 0 Å². The van der Waals surface area contributed by atoms with Crippen molar-refractivity contribution in [1.29, 1.82) is 0 Å². The highest BCUT2D eigenvalue weighted by atomic mass is 14.3. The van der Waals surface area contributed by atoms with Crippen molar-refractivity contribution < 1.29 is 0 Å². The second-order valence-corrected chi connectivity index (χ2v) is 9.12. The average Bonchev–Trinajstić information content (AvgIpc) is 2.80. The molecule has 0 bridgehead atoms. The zero-order valence-corrected chi connectivity index (χ0v) is 20.0. The highest BCUT2D eigenvalue weighted by Crippen LogP contribution is 2.39. The van der Waals surface area contributed by atoms with E-state index in [2.05, 4.69) is 82.3 Å². The van der Waals surface area contributed by atoms with Crippen molar-refractivity contribution in [3.8, 4) is 11.1 Å². The summed E-state index contributed by atoms with van der Waals surface area (Å²) in [7, 11) is 0. The summed E-state index contributed by atoms with van der Waals surface area (Å²) in [6, 6.07) is 21.0. The minimum atomic E-state index is 0.581. The van der Waals surface area contributed by atoms with Gasteiger partial charge in [0.2, 0.25) is 0 Å². The number of fused-ring (bicyclic) bond motifs is 1. The van der Waals surface area contributed by atoms with E-state index in [1.165, 1.54) is 65.1 Å². The van der Waals surface area contributed by atoms with Crippen LogP contribution in [0.25, 0.3) is 21.9 Å². The SMILES string of the molecule is CC.CCC1CCC(c2ccc3c(C)c(-c4ccc(C(C)C)cc4)ccc3c2)CC1. The minimum Gasteiger partial charge on any atom is -0.0683 e. The van der Waals surface area contributed by atoms with Crippen LogP contribution in [-0.4, -0.2) is 0 Å². The van der Waals surface area contributed by atoms with Gasteiger partial charge in [0.1, 0.15) is 0 Å². The fourth-order valence-corrected chi connectivity index (χ4v) is 5.02. The van der Waals surface area contributed by atoms with Crippen LogP contribution in [0.1, 0.15) is 95.2 Å². The zero-order valence-electron chi connectivity index (χ0n) is 20.0. The molecule has 0 N–H and O–H groups in total. The topological polar surface area (TPSA) is 0 Å². The minimum absolute atomic E-state index is 0.581. The van der Waals surface area contributed by atoms with E-state index in [0.29, 0.717) is 5.92 Å². The summed E-state index contributed by atoms with van der Waals surface area (Å²) in [6.45, 7) is 13.1. The molecule has 1 saturated carbocycles. The first-order valence-electron chi connectivity index (χ1n) is 12.2. The predicted octanol–water partition coefficient (Wildman–Crippen LogP) is 9.65. The molecule has 0 heterocycles. The molecule has 0 spiro atoms. The maximum absolute atomic E-state index is 2.46. The van der Waals surface area contributed by atoms with Crippen molar-refractivity contribution in [3.63, 3.8) is 0 Å². The standard InChI is InChI=1S/C28H34.C2H6/c1-5-21-6-8-23(9-7-21)25-14-16-28-20(4)27(17-15-26(28)18-25)24-12-10-22(11-13-24)19(2)3;1-2/h10-19,21,23H,5-9H2,1-4H3;1-2H3. The second-order valence-electron chi connectivity index (χ2n) is 9.12. The van der Waals surface area contributed by atoms with Crippen molar-refractivity contribution >= 4 is 10.8 Å². The van der Waals surface area contributed by atoms with Gasteiger partial charge in [-0.25, -0.2) is 0 Å². The van der Waals surface area contributed by atoms with E-state index >= 15 is 0 Å². The molecule has 0 atom stereocenters. The lowest BCUT2D eigenvalue weighted by atomic mass is 9.77. The Kier molecular flexibility index (Phi) is 7.75. The van der Waals surface area contributed by atoms with Gasteiger partial charge in [-0.3, -0.25) is 0 Å². The second kappa shape index (κ2) is 10.3. The van der Waals surface area contributed by atoms with Crippen LogP contribution < -0.4 is 0 Å². The first kappa shape index (κ1) is 22.6. The molecule has 0 nitrogen and oxygen atoms in total.